The van der Waals surface area contributed by atoms with Gasteiger partial charge >= 0.3 is 0 Å². The van der Waals surface area contributed by atoms with Crippen LogP contribution < -0.4 is 4.90 Å². The standard InChI is InChI=1S/C18H14ClN5OS2/c1-10-5-6-13(19)16-14(10)21-18(26-16)24(9-12-4-3-7-20-8-12)17(25)15-11(2)22-23-27-15/h3-8H,9H2,1-2H3. The van der Waals surface area contributed by atoms with Crippen molar-refractivity contribution in [1.29, 1.82) is 0 Å². The SMILES string of the molecule is Cc1nnsc1C(=O)N(Cc1cccnc1)c1nc2c(C)ccc(Cl)c2s1. The van der Waals surface area contributed by atoms with E-state index in [9.17, 15) is 4.79 Å². The summed E-state index contributed by atoms with van der Waals surface area (Å²) in [7, 11) is 0. The minimum atomic E-state index is -0.181. The molecule has 0 unspecified atom stereocenters. The number of aromatic nitrogens is 4. The van der Waals surface area contributed by atoms with Crippen LogP contribution >= 0.6 is 34.5 Å². The fourth-order valence-electron chi connectivity index (χ4n) is 2.66. The van der Waals surface area contributed by atoms with E-state index in [0.29, 0.717) is 27.3 Å². The van der Waals surface area contributed by atoms with Gasteiger partial charge in [-0.05, 0) is 48.6 Å². The van der Waals surface area contributed by atoms with Gasteiger partial charge in [-0.1, -0.05) is 39.6 Å². The molecule has 9 heteroatoms. The van der Waals surface area contributed by atoms with E-state index in [1.807, 2.05) is 31.2 Å². The van der Waals surface area contributed by atoms with Crippen molar-refractivity contribution in [3.8, 4) is 0 Å². The van der Waals surface area contributed by atoms with Crippen LogP contribution in [0.5, 0.6) is 0 Å². The normalized spacial score (nSPS) is 11.1. The highest BCUT2D eigenvalue weighted by Crippen LogP contribution is 2.36. The van der Waals surface area contributed by atoms with Gasteiger partial charge in [0.15, 0.2) is 5.13 Å². The number of thiazole rings is 1. The number of aryl methyl sites for hydroxylation is 2. The molecule has 0 aliphatic carbocycles. The van der Waals surface area contributed by atoms with Crippen LogP contribution in [0.3, 0.4) is 0 Å². The van der Waals surface area contributed by atoms with E-state index in [1.54, 1.807) is 24.2 Å². The third-order valence-electron chi connectivity index (χ3n) is 4.07. The first-order valence-electron chi connectivity index (χ1n) is 8.10. The number of rotatable bonds is 4. The molecule has 6 nitrogen and oxygen atoms in total. The van der Waals surface area contributed by atoms with Crippen LogP contribution in [0.2, 0.25) is 5.02 Å². The second kappa shape index (κ2) is 7.30. The van der Waals surface area contributed by atoms with E-state index < -0.39 is 0 Å². The van der Waals surface area contributed by atoms with Gasteiger partial charge in [-0.15, -0.1) is 5.10 Å². The molecule has 0 bridgehead atoms. The zero-order chi connectivity index (χ0) is 19.0. The highest BCUT2D eigenvalue weighted by atomic mass is 35.5. The number of amides is 1. The number of hydrogen-bond donors (Lipinski definition) is 0. The summed E-state index contributed by atoms with van der Waals surface area (Å²) in [6.45, 7) is 4.10. The van der Waals surface area contributed by atoms with Gasteiger partial charge < -0.3 is 0 Å². The molecule has 3 heterocycles. The molecule has 27 heavy (non-hydrogen) atoms. The first-order valence-corrected chi connectivity index (χ1v) is 10.1. The Labute approximate surface area is 168 Å². The van der Waals surface area contributed by atoms with Crippen molar-refractivity contribution in [1.82, 2.24) is 19.6 Å². The third-order valence-corrected chi connectivity index (χ3v) is 6.43. The number of fused-ring (bicyclic) bond motifs is 1. The van der Waals surface area contributed by atoms with E-state index in [1.165, 1.54) is 11.3 Å². The van der Waals surface area contributed by atoms with Crippen LogP contribution in [0.4, 0.5) is 5.13 Å². The van der Waals surface area contributed by atoms with Gasteiger partial charge in [0.2, 0.25) is 0 Å². The number of hydrogen-bond acceptors (Lipinski definition) is 7. The van der Waals surface area contributed by atoms with E-state index in [0.717, 1.165) is 32.9 Å². The Bertz CT molecular complexity index is 1090. The molecule has 0 atom stereocenters. The van der Waals surface area contributed by atoms with Gasteiger partial charge in [0, 0.05) is 12.4 Å². The number of benzene rings is 1. The third kappa shape index (κ3) is 3.43. The van der Waals surface area contributed by atoms with Gasteiger partial charge in [0.25, 0.3) is 5.91 Å². The van der Waals surface area contributed by atoms with Crippen molar-refractivity contribution >= 4 is 55.7 Å². The van der Waals surface area contributed by atoms with Gasteiger partial charge in [-0.25, -0.2) is 4.98 Å². The smallest absolute Gasteiger partial charge is 0.274 e. The Kier molecular flexibility index (Phi) is 4.86. The number of carbonyl (C=O) groups is 1. The van der Waals surface area contributed by atoms with Crippen LogP contribution in [-0.4, -0.2) is 25.5 Å². The minimum Gasteiger partial charge on any atom is -0.279 e. The maximum atomic E-state index is 13.2. The van der Waals surface area contributed by atoms with Gasteiger partial charge in [-0.2, -0.15) is 0 Å². The molecule has 0 N–H and O–H groups in total. The Morgan fingerprint density at radius 1 is 1.26 bits per heavy atom. The predicted octanol–water partition coefficient (Wildman–Crippen LogP) is 4.66. The van der Waals surface area contributed by atoms with Crippen molar-refractivity contribution in [2.45, 2.75) is 20.4 Å². The van der Waals surface area contributed by atoms with Gasteiger partial charge in [-0.3, -0.25) is 14.7 Å². The lowest BCUT2D eigenvalue weighted by molar-refractivity contribution is 0.0988. The second-order valence-electron chi connectivity index (χ2n) is 5.98. The highest BCUT2D eigenvalue weighted by Gasteiger charge is 2.26. The zero-order valence-electron chi connectivity index (χ0n) is 14.5. The number of pyridine rings is 1. The van der Waals surface area contributed by atoms with Crippen LogP contribution in [0.15, 0.2) is 36.7 Å². The second-order valence-corrected chi connectivity index (χ2v) is 8.12. The molecular formula is C18H14ClN5OS2. The maximum Gasteiger partial charge on any atom is 0.274 e. The van der Waals surface area contributed by atoms with E-state index in [2.05, 4.69) is 14.6 Å². The van der Waals surface area contributed by atoms with E-state index in [-0.39, 0.29) is 5.91 Å². The largest absolute Gasteiger partial charge is 0.279 e. The monoisotopic (exact) mass is 415 g/mol. The van der Waals surface area contributed by atoms with Gasteiger partial charge in [0.05, 0.1) is 27.5 Å². The van der Waals surface area contributed by atoms with Crippen molar-refractivity contribution in [3.05, 3.63) is 63.4 Å². The molecule has 0 saturated heterocycles. The van der Waals surface area contributed by atoms with Crippen molar-refractivity contribution in [2.75, 3.05) is 4.90 Å². The molecule has 136 valence electrons. The summed E-state index contributed by atoms with van der Waals surface area (Å²) in [6, 6.07) is 7.55. The lowest BCUT2D eigenvalue weighted by atomic mass is 10.2. The summed E-state index contributed by atoms with van der Waals surface area (Å²) in [5.41, 5.74) is 3.34. The van der Waals surface area contributed by atoms with Crippen molar-refractivity contribution in [3.63, 3.8) is 0 Å². The summed E-state index contributed by atoms with van der Waals surface area (Å²) in [5.74, 6) is -0.181. The van der Waals surface area contributed by atoms with E-state index >= 15 is 0 Å². The lowest BCUT2D eigenvalue weighted by Gasteiger charge is -2.19. The summed E-state index contributed by atoms with van der Waals surface area (Å²) < 4.78 is 4.76. The fraction of sp³-hybridized carbons (Fsp3) is 0.167. The lowest BCUT2D eigenvalue weighted by Crippen LogP contribution is -2.30. The quantitative estimate of drug-likeness (QED) is 0.484. The van der Waals surface area contributed by atoms with Crippen molar-refractivity contribution in [2.24, 2.45) is 0 Å². The first-order chi connectivity index (χ1) is 13.0. The van der Waals surface area contributed by atoms with Gasteiger partial charge in [0.1, 0.15) is 4.88 Å². The Morgan fingerprint density at radius 2 is 2.11 bits per heavy atom. The van der Waals surface area contributed by atoms with Crippen LogP contribution in [0.25, 0.3) is 10.2 Å². The summed E-state index contributed by atoms with van der Waals surface area (Å²) in [4.78, 5) is 24.2. The number of nitrogens with zero attached hydrogens (tertiary/aromatic N) is 5. The number of anilines is 1. The molecule has 1 amide bonds. The average Bonchev–Trinajstić information content (AvgIpc) is 3.30. The number of carbonyl (C=O) groups excluding carboxylic acids is 1. The predicted molar refractivity (Wildman–Crippen MR) is 109 cm³/mol. The Balaban J connectivity index is 1.82. The maximum absolute atomic E-state index is 13.2. The van der Waals surface area contributed by atoms with Crippen LogP contribution in [-0.2, 0) is 6.54 Å². The van der Waals surface area contributed by atoms with Crippen LogP contribution in [0.1, 0.15) is 26.5 Å². The molecule has 4 aromatic rings. The summed E-state index contributed by atoms with van der Waals surface area (Å²) >= 11 is 8.84. The molecule has 0 radical (unpaired) electrons. The van der Waals surface area contributed by atoms with Crippen LogP contribution in [0, 0.1) is 13.8 Å². The molecule has 0 spiro atoms. The molecule has 4 rings (SSSR count). The molecule has 0 fully saturated rings. The summed E-state index contributed by atoms with van der Waals surface area (Å²) in [6.07, 6.45) is 3.44. The minimum absolute atomic E-state index is 0.181. The zero-order valence-corrected chi connectivity index (χ0v) is 16.9. The Morgan fingerprint density at radius 3 is 2.78 bits per heavy atom. The van der Waals surface area contributed by atoms with E-state index in [4.69, 9.17) is 16.6 Å². The molecule has 0 saturated carbocycles. The number of halogens is 1. The average molecular weight is 416 g/mol. The molecule has 3 aromatic heterocycles. The highest BCUT2D eigenvalue weighted by molar-refractivity contribution is 7.23. The topological polar surface area (TPSA) is 71.9 Å². The first kappa shape index (κ1) is 18.0. The summed E-state index contributed by atoms with van der Waals surface area (Å²) in [5, 5.41) is 5.18. The van der Waals surface area contributed by atoms with Crippen molar-refractivity contribution < 1.29 is 4.79 Å². The molecule has 0 aliphatic rings. The Hall–Kier alpha value is -2.42. The molecule has 1 aromatic carbocycles. The molecular weight excluding hydrogens is 402 g/mol. The fourth-order valence-corrected chi connectivity index (χ4v) is 4.58. The molecule has 0 aliphatic heterocycles.